The van der Waals surface area contributed by atoms with Crippen LogP contribution in [0.15, 0.2) is 18.3 Å². The first-order chi connectivity index (χ1) is 8.66. The number of aliphatic hydroxyl groups is 1. The summed E-state index contributed by atoms with van der Waals surface area (Å²) in [6.45, 7) is 3.99. The lowest BCUT2D eigenvalue weighted by atomic mass is 9.98. The van der Waals surface area contributed by atoms with E-state index < -0.39 is 6.10 Å². The predicted molar refractivity (Wildman–Crippen MR) is 71.5 cm³/mol. The molecule has 0 bridgehead atoms. The van der Waals surface area contributed by atoms with Crippen molar-refractivity contribution >= 4 is 0 Å². The predicted octanol–water partition coefficient (Wildman–Crippen LogP) is 3.48. The molecule has 1 heterocycles. The van der Waals surface area contributed by atoms with Gasteiger partial charge < -0.3 is 9.84 Å². The van der Waals surface area contributed by atoms with Crippen molar-refractivity contribution in [2.75, 3.05) is 0 Å². The first kappa shape index (κ1) is 13.3. The molecule has 1 aromatic heterocycles. The second-order valence-electron chi connectivity index (χ2n) is 5.50. The largest absolute Gasteiger partial charge is 0.474 e. The first-order valence-electron chi connectivity index (χ1n) is 6.97. The number of hydrogen-bond donors (Lipinski definition) is 1. The minimum absolute atomic E-state index is 0.205. The van der Waals surface area contributed by atoms with E-state index in [1.54, 1.807) is 6.20 Å². The summed E-state index contributed by atoms with van der Waals surface area (Å²) >= 11 is 0. The molecule has 0 amide bonds. The van der Waals surface area contributed by atoms with E-state index in [0.717, 1.165) is 18.4 Å². The Morgan fingerprint density at radius 1 is 1.22 bits per heavy atom. The van der Waals surface area contributed by atoms with Crippen molar-refractivity contribution in [3.63, 3.8) is 0 Å². The van der Waals surface area contributed by atoms with Crippen molar-refractivity contribution in [1.82, 2.24) is 4.98 Å². The molecule has 1 N–H and O–H groups in total. The number of ether oxygens (including phenoxy) is 1. The van der Waals surface area contributed by atoms with E-state index in [9.17, 15) is 5.11 Å². The second kappa shape index (κ2) is 6.19. The zero-order valence-corrected chi connectivity index (χ0v) is 11.3. The van der Waals surface area contributed by atoms with Gasteiger partial charge in [-0.3, -0.25) is 0 Å². The van der Waals surface area contributed by atoms with Crippen LogP contribution in [0.5, 0.6) is 5.88 Å². The van der Waals surface area contributed by atoms with Crippen LogP contribution in [0.2, 0.25) is 0 Å². The molecule has 0 spiro atoms. The molecule has 100 valence electrons. The van der Waals surface area contributed by atoms with Crippen LogP contribution in [0.25, 0.3) is 0 Å². The van der Waals surface area contributed by atoms with Crippen molar-refractivity contribution in [2.24, 2.45) is 5.92 Å². The Kier molecular flexibility index (Phi) is 4.59. The normalized spacial score (nSPS) is 18.9. The maximum Gasteiger partial charge on any atom is 0.213 e. The molecule has 0 radical (unpaired) electrons. The zero-order chi connectivity index (χ0) is 13.0. The molecular weight excluding hydrogens is 226 g/mol. The number of aromatic nitrogens is 1. The summed E-state index contributed by atoms with van der Waals surface area (Å²) in [5, 5.41) is 9.93. The van der Waals surface area contributed by atoms with Gasteiger partial charge in [0, 0.05) is 12.3 Å². The van der Waals surface area contributed by atoms with E-state index in [1.165, 1.54) is 19.3 Å². The molecule has 0 aromatic carbocycles. The highest BCUT2D eigenvalue weighted by Crippen LogP contribution is 2.24. The summed E-state index contributed by atoms with van der Waals surface area (Å²) in [5.74, 6) is 0.888. The Balaban J connectivity index is 1.94. The maximum atomic E-state index is 9.93. The molecule has 1 aliphatic carbocycles. The van der Waals surface area contributed by atoms with Crippen LogP contribution in [0, 0.1) is 5.92 Å². The fourth-order valence-electron chi connectivity index (χ4n) is 2.38. The Hall–Kier alpha value is -1.09. The van der Waals surface area contributed by atoms with Gasteiger partial charge in [-0.25, -0.2) is 4.98 Å². The Morgan fingerprint density at radius 3 is 2.50 bits per heavy atom. The quantitative estimate of drug-likeness (QED) is 0.888. The van der Waals surface area contributed by atoms with Gasteiger partial charge in [-0.05, 0) is 43.2 Å². The van der Waals surface area contributed by atoms with Crippen molar-refractivity contribution < 1.29 is 9.84 Å². The molecule has 1 atom stereocenters. The van der Waals surface area contributed by atoms with E-state index in [4.69, 9.17) is 4.74 Å². The van der Waals surface area contributed by atoms with Crippen LogP contribution < -0.4 is 4.74 Å². The van der Waals surface area contributed by atoms with Gasteiger partial charge in [0.05, 0.1) is 6.10 Å². The SMILES string of the molecule is CC(C)C(O)c1ccc(OC2CCCCC2)nc1. The molecule has 1 fully saturated rings. The van der Waals surface area contributed by atoms with Gasteiger partial charge in [-0.1, -0.05) is 20.3 Å². The lowest BCUT2D eigenvalue weighted by Gasteiger charge is -2.22. The zero-order valence-electron chi connectivity index (χ0n) is 11.3. The number of pyridine rings is 1. The van der Waals surface area contributed by atoms with E-state index in [1.807, 2.05) is 26.0 Å². The van der Waals surface area contributed by atoms with Gasteiger partial charge in [0.2, 0.25) is 5.88 Å². The van der Waals surface area contributed by atoms with Crippen molar-refractivity contribution in [2.45, 2.75) is 58.2 Å². The standard InChI is InChI=1S/C15H23NO2/c1-11(2)15(17)12-8-9-14(16-10-12)18-13-6-4-3-5-7-13/h8-11,13,15,17H,3-7H2,1-2H3. The maximum absolute atomic E-state index is 9.93. The van der Waals surface area contributed by atoms with Crippen LogP contribution in [-0.4, -0.2) is 16.2 Å². The molecule has 18 heavy (non-hydrogen) atoms. The fraction of sp³-hybridized carbons (Fsp3) is 0.667. The van der Waals surface area contributed by atoms with Crippen molar-refractivity contribution in [1.29, 1.82) is 0 Å². The number of rotatable bonds is 4. The summed E-state index contributed by atoms with van der Waals surface area (Å²) in [4.78, 5) is 4.29. The minimum Gasteiger partial charge on any atom is -0.474 e. The highest BCUT2D eigenvalue weighted by Gasteiger charge is 2.16. The fourth-order valence-corrected chi connectivity index (χ4v) is 2.38. The van der Waals surface area contributed by atoms with Crippen molar-refractivity contribution in [3.05, 3.63) is 23.9 Å². The van der Waals surface area contributed by atoms with E-state index in [-0.39, 0.29) is 5.92 Å². The number of hydrogen-bond acceptors (Lipinski definition) is 3. The molecule has 1 unspecified atom stereocenters. The third kappa shape index (κ3) is 3.45. The topological polar surface area (TPSA) is 42.4 Å². The molecule has 2 rings (SSSR count). The summed E-state index contributed by atoms with van der Waals surface area (Å²) in [5.41, 5.74) is 0.862. The van der Waals surface area contributed by atoms with Crippen LogP contribution in [-0.2, 0) is 0 Å². The Labute approximate surface area is 109 Å². The Morgan fingerprint density at radius 2 is 1.94 bits per heavy atom. The molecule has 1 aromatic rings. The third-order valence-electron chi connectivity index (χ3n) is 3.57. The van der Waals surface area contributed by atoms with Gasteiger partial charge in [-0.15, -0.1) is 0 Å². The average Bonchev–Trinajstić information content (AvgIpc) is 2.40. The van der Waals surface area contributed by atoms with Crippen LogP contribution in [0.3, 0.4) is 0 Å². The first-order valence-corrected chi connectivity index (χ1v) is 6.97. The average molecular weight is 249 g/mol. The van der Waals surface area contributed by atoms with E-state index in [0.29, 0.717) is 12.0 Å². The monoisotopic (exact) mass is 249 g/mol. The molecular formula is C15H23NO2. The molecule has 3 heteroatoms. The van der Waals surface area contributed by atoms with Gasteiger partial charge >= 0.3 is 0 Å². The van der Waals surface area contributed by atoms with E-state index >= 15 is 0 Å². The van der Waals surface area contributed by atoms with Gasteiger partial charge in [0.1, 0.15) is 6.10 Å². The second-order valence-corrected chi connectivity index (χ2v) is 5.50. The van der Waals surface area contributed by atoms with Crippen molar-refractivity contribution in [3.8, 4) is 5.88 Å². The summed E-state index contributed by atoms with van der Waals surface area (Å²) in [6, 6.07) is 3.78. The van der Waals surface area contributed by atoms with Gasteiger partial charge in [0.25, 0.3) is 0 Å². The summed E-state index contributed by atoms with van der Waals surface area (Å²) in [6.07, 6.45) is 7.73. The highest BCUT2D eigenvalue weighted by atomic mass is 16.5. The number of aliphatic hydroxyl groups excluding tert-OH is 1. The molecule has 0 saturated heterocycles. The van der Waals surface area contributed by atoms with Crippen LogP contribution in [0.4, 0.5) is 0 Å². The van der Waals surface area contributed by atoms with Gasteiger partial charge in [0.15, 0.2) is 0 Å². The lowest BCUT2D eigenvalue weighted by Crippen LogP contribution is -2.20. The van der Waals surface area contributed by atoms with Crippen LogP contribution >= 0.6 is 0 Å². The summed E-state index contributed by atoms with van der Waals surface area (Å²) in [7, 11) is 0. The van der Waals surface area contributed by atoms with E-state index in [2.05, 4.69) is 4.98 Å². The van der Waals surface area contributed by atoms with Crippen LogP contribution in [0.1, 0.15) is 57.6 Å². The minimum atomic E-state index is -0.443. The molecule has 1 saturated carbocycles. The lowest BCUT2D eigenvalue weighted by molar-refractivity contribution is 0.125. The molecule has 0 aliphatic heterocycles. The third-order valence-corrected chi connectivity index (χ3v) is 3.57. The highest BCUT2D eigenvalue weighted by molar-refractivity contribution is 5.20. The summed E-state index contributed by atoms with van der Waals surface area (Å²) < 4.78 is 5.86. The number of nitrogens with zero attached hydrogens (tertiary/aromatic N) is 1. The van der Waals surface area contributed by atoms with Gasteiger partial charge in [-0.2, -0.15) is 0 Å². The smallest absolute Gasteiger partial charge is 0.213 e. The molecule has 1 aliphatic rings. The Bertz CT molecular complexity index is 355. The molecule has 3 nitrogen and oxygen atoms in total.